The van der Waals surface area contributed by atoms with Gasteiger partial charge in [-0.05, 0) is 28.4 Å². The van der Waals surface area contributed by atoms with Crippen molar-refractivity contribution in [1.82, 2.24) is 0 Å². The van der Waals surface area contributed by atoms with Gasteiger partial charge in [0.2, 0.25) is 0 Å². The minimum absolute atomic E-state index is 0.201. The van der Waals surface area contributed by atoms with Crippen LogP contribution < -0.4 is 15.9 Å². The number of benzene rings is 4. The molecule has 2 heterocycles. The molecule has 5 nitrogen and oxygen atoms in total. The molecule has 0 aliphatic carbocycles. The van der Waals surface area contributed by atoms with Gasteiger partial charge in [-0.1, -0.05) is 121 Å². The summed E-state index contributed by atoms with van der Waals surface area (Å²) in [6.07, 6.45) is -1.30. The first kappa shape index (κ1) is 25.8. The van der Waals surface area contributed by atoms with E-state index in [4.69, 9.17) is 18.9 Å². The van der Waals surface area contributed by atoms with Crippen molar-refractivity contribution in [2.75, 3.05) is 13.2 Å². The molecule has 4 atom stereocenters. The number of rotatable bonds is 8. The highest BCUT2D eigenvalue weighted by atomic mass is 31.2. The maximum absolute atomic E-state index is 13.7. The van der Waals surface area contributed by atoms with Crippen LogP contribution in [0.3, 0.4) is 0 Å². The van der Waals surface area contributed by atoms with Crippen LogP contribution in [0.15, 0.2) is 121 Å². The van der Waals surface area contributed by atoms with E-state index in [2.05, 4.69) is 36.4 Å². The fourth-order valence-electron chi connectivity index (χ4n) is 5.45. The molecule has 2 fully saturated rings. The molecule has 6 rings (SSSR count). The quantitative estimate of drug-likeness (QED) is 0.250. The Bertz CT molecular complexity index is 1320. The van der Waals surface area contributed by atoms with E-state index in [1.165, 1.54) is 0 Å². The average Bonchev–Trinajstić information content (AvgIpc) is 3.59. The van der Waals surface area contributed by atoms with E-state index < -0.39 is 13.0 Å². The summed E-state index contributed by atoms with van der Waals surface area (Å²) < 4.78 is 24.3. The second kappa shape index (κ2) is 11.7. The molecular formula is C33H31O5P. The molecule has 0 spiro atoms. The van der Waals surface area contributed by atoms with Gasteiger partial charge in [-0.3, -0.25) is 0 Å². The normalized spacial score (nSPS) is 22.3. The van der Waals surface area contributed by atoms with Crippen molar-refractivity contribution in [3.8, 4) is 0 Å². The molecule has 4 aromatic rings. The summed E-state index contributed by atoms with van der Waals surface area (Å²) in [5.74, 6) is 1.44. The maximum Gasteiger partial charge on any atom is 0.332 e. The lowest BCUT2D eigenvalue weighted by molar-refractivity contribution is -0.144. The molecule has 198 valence electrons. The second-order valence-electron chi connectivity index (χ2n) is 9.76. The molecule has 2 aliphatic heterocycles. The van der Waals surface area contributed by atoms with E-state index >= 15 is 0 Å². The van der Waals surface area contributed by atoms with Crippen molar-refractivity contribution in [3.05, 3.63) is 127 Å². The van der Waals surface area contributed by atoms with E-state index in [9.17, 15) is 4.79 Å². The highest BCUT2D eigenvalue weighted by molar-refractivity contribution is 7.95. The van der Waals surface area contributed by atoms with Crippen molar-refractivity contribution in [1.29, 1.82) is 0 Å². The van der Waals surface area contributed by atoms with Gasteiger partial charge in [0.05, 0.1) is 19.8 Å². The summed E-state index contributed by atoms with van der Waals surface area (Å²) in [4.78, 5) is 13.7. The zero-order valence-corrected chi connectivity index (χ0v) is 22.4. The summed E-state index contributed by atoms with van der Waals surface area (Å²) in [5, 5.41) is 3.27. The zero-order valence-electron chi connectivity index (χ0n) is 21.5. The number of hydrogen-bond donors (Lipinski definition) is 0. The van der Waals surface area contributed by atoms with Crippen LogP contribution in [-0.2, 0) is 30.3 Å². The maximum atomic E-state index is 13.7. The predicted octanol–water partition coefficient (Wildman–Crippen LogP) is 4.08. The van der Waals surface area contributed by atoms with E-state index in [1.54, 1.807) is 5.80 Å². The summed E-state index contributed by atoms with van der Waals surface area (Å²) >= 11 is 0. The van der Waals surface area contributed by atoms with Gasteiger partial charge in [0, 0.05) is 5.80 Å². The van der Waals surface area contributed by atoms with Gasteiger partial charge in [-0.2, -0.15) is 0 Å². The largest absolute Gasteiger partial charge is 0.454 e. The number of hydrogen-bond acceptors (Lipinski definition) is 5. The van der Waals surface area contributed by atoms with Crippen LogP contribution in [0.1, 0.15) is 5.56 Å². The van der Waals surface area contributed by atoms with Crippen LogP contribution in [0.4, 0.5) is 0 Å². The summed E-state index contributed by atoms with van der Waals surface area (Å²) in [6, 6.07) is 40.7. The van der Waals surface area contributed by atoms with Crippen molar-refractivity contribution in [2.24, 2.45) is 0 Å². The van der Waals surface area contributed by atoms with Crippen LogP contribution in [0, 0.1) is 0 Å². The SMILES string of the molecule is O=C(C=P(c1ccccc1)(c1ccccc1)c1ccccc1)O[C@H]1CO[C@H]2[C@@H]1OC[C@H]2OCc1ccccc1. The van der Waals surface area contributed by atoms with Crippen molar-refractivity contribution >= 4 is 34.6 Å². The lowest BCUT2D eigenvalue weighted by Crippen LogP contribution is -2.36. The molecular weight excluding hydrogens is 507 g/mol. The van der Waals surface area contributed by atoms with E-state index in [0.717, 1.165) is 21.5 Å². The van der Waals surface area contributed by atoms with Crippen LogP contribution in [0.25, 0.3) is 0 Å². The second-order valence-corrected chi connectivity index (χ2v) is 13.0. The van der Waals surface area contributed by atoms with Crippen molar-refractivity contribution in [3.63, 3.8) is 0 Å². The van der Waals surface area contributed by atoms with Crippen LogP contribution >= 0.6 is 6.89 Å². The highest BCUT2D eigenvalue weighted by Crippen LogP contribution is 2.43. The third-order valence-electron chi connectivity index (χ3n) is 7.33. The lowest BCUT2D eigenvalue weighted by atomic mass is 10.1. The van der Waals surface area contributed by atoms with Gasteiger partial charge in [0.1, 0.15) is 18.3 Å². The minimum atomic E-state index is -2.46. The Balaban J connectivity index is 1.27. The third-order valence-corrected chi connectivity index (χ3v) is 11.3. The molecule has 2 aliphatic rings. The molecule has 2 saturated heterocycles. The third kappa shape index (κ3) is 5.36. The van der Waals surface area contributed by atoms with E-state index in [0.29, 0.717) is 13.2 Å². The number of carbonyl (C=O) groups is 1. The lowest BCUT2D eigenvalue weighted by Gasteiger charge is -2.28. The Morgan fingerprint density at radius 2 is 1.10 bits per heavy atom. The first-order chi connectivity index (χ1) is 19.2. The molecule has 0 saturated carbocycles. The molecule has 0 aromatic heterocycles. The van der Waals surface area contributed by atoms with Crippen LogP contribution in [0.5, 0.6) is 0 Å². The Labute approximate surface area is 229 Å². The van der Waals surface area contributed by atoms with Crippen molar-refractivity contribution < 1.29 is 23.7 Å². The predicted molar refractivity (Wildman–Crippen MR) is 156 cm³/mol. The molecule has 0 unspecified atom stereocenters. The number of ether oxygens (including phenoxy) is 4. The number of esters is 1. The van der Waals surface area contributed by atoms with E-state index in [1.807, 2.05) is 84.9 Å². The fourth-order valence-corrected chi connectivity index (χ4v) is 9.09. The molecule has 0 radical (unpaired) electrons. The molecule has 0 amide bonds. The van der Waals surface area contributed by atoms with Gasteiger partial charge in [0.15, 0.2) is 6.10 Å². The zero-order chi connectivity index (χ0) is 26.5. The van der Waals surface area contributed by atoms with Gasteiger partial charge in [-0.25, -0.2) is 4.79 Å². The Hall–Kier alpha value is -3.47. The Morgan fingerprint density at radius 3 is 1.62 bits per heavy atom. The molecule has 4 aromatic carbocycles. The molecule has 0 N–H and O–H groups in total. The number of fused-ring (bicyclic) bond motifs is 1. The number of carbonyl (C=O) groups excluding carboxylic acids is 1. The van der Waals surface area contributed by atoms with E-state index in [-0.39, 0.29) is 30.9 Å². The Kier molecular flexibility index (Phi) is 7.76. The summed E-state index contributed by atoms with van der Waals surface area (Å²) in [6.45, 7) is -1.28. The van der Waals surface area contributed by atoms with Crippen LogP contribution in [-0.4, -0.2) is 49.4 Å². The topological polar surface area (TPSA) is 54.0 Å². The summed E-state index contributed by atoms with van der Waals surface area (Å²) in [7, 11) is 0. The summed E-state index contributed by atoms with van der Waals surface area (Å²) in [5.41, 5.74) is 1.10. The van der Waals surface area contributed by atoms with Crippen LogP contribution in [0.2, 0.25) is 0 Å². The average molecular weight is 539 g/mol. The smallest absolute Gasteiger partial charge is 0.332 e. The molecule has 0 bridgehead atoms. The van der Waals surface area contributed by atoms with Gasteiger partial charge < -0.3 is 18.9 Å². The first-order valence-electron chi connectivity index (χ1n) is 13.2. The fraction of sp³-hybridized carbons (Fsp3) is 0.212. The Morgan fingerprint density at radius 1 is 0.667 bits per heavy atom. The van der Waals surface area contributed by atoms with Gasteiger partial charge in [0.25, 0.3) is 0 Å². The van der Waals surface area contributed by atoms with Crippen molar-refractivity contribution in [2.45, 2.75) is 31.0 Å². The standard InChI is InChI=1S/C33H31O5P/c34-31(38-30-23-37-32-29(22-36-33(30)32)35-21-25-13-5-1-6-14-25)24-39(26-15-7-2-8-16-26,27-17-9-3-10-18-27)28-19-11-4-12-20-28/h1-20,24,29-30,32-33H,21-23H2/t29-,30+,32-,33-/m1/s1. The minimum Gasteiger partial charge on any atom is -0.454 e. The van der Waals surface area contributed by atoms with Gasteiger partial charge in [-0.15, -0.1) is 0 Å². The molecule has 6 heteroatoms. The van der Waals surface area contributed by atoms with Gasteiger partial charge >= 0.3 is 5.97 Å². The first-order valence-corrected chi connectivity index (χ1v) is 15.1. The molecule has 39 heavy (non-hydrogen) atoms. The monoisotopic (exact) mass is 538 g/mol. The highest BCUT2D eigenvalue weighted by Gasteiger charge is 2.50.